The van der Waals surface area contributed by atoms with Gasteiger partial charge in [-0.15, -0.1) is 0 Å². The fourth-order valence-corrected chi connectivity index (χ4v) is 2.40. The number of carboxylic acid groups (broad SMARTS) is 1. The van der Waals surface area contributed by atoms with Gasteiger partial charge in [0.15, 0.2) is 0 Å². The van der Waals surface area contributed by atoms with Crippen molar-refractivity contribution in [1.82, 2.24) is 9.97 Å². The number of anilines is 1. The molecule has 1 aromatic rings. The van der Waals surface area contributed by atoms with Gasteiger partial charge in [-0.1, -0.05) is 13.8 Å². The molecule has 0 unspecified atom stereocenters. The number of carbonyl (C=O) groups is 1. The Balaban J connectivity index is 2.01. The summed E-state index contributed by atoms with van der Waals surface area (Å²) in [5, 5.41) is 8.99. The van der Waals surface area contributed by atoms with E-state index in [0.29, 0.717) is 18.8 Å². The van der Waals surface area contributed by atoms with E-state index >= 15 is 0 Å². The van der Waals surface area contributed by atoms with Crippen LogP contribution < -0.4 is 4.90 Å². The monoisotopic (exact) mass is 263 g/mol. The molecule has 0 bridgehead atoms. The number of nitrogens with zero attached hydrogens (tertiary/aromatic N) is 3. The lowest BCUT2D eigenvalue weighted by Gasteiger charge is -2.30. The number of hydrogen-bond donors (Lipinski definition) is 1. The first kappa shape index (κ1) is 13.8. The van der Waals surface area contributed by atoms with Gasteiger partial charge in [-0.05, 0) is 31.2 Å². The highest BCUT2D eigenvalue weighted by molar-refractivity contribution is 5.70. The van der Waals surface area contributed by atoms with E-state index in [1.165, 1.54) is 0 Å². The summed E-state index contributed by atoms with van der Waals surface area (Å²) in [7, 11) is 0. The molecule has 1 fully saturated rings. The Morgan fingerprint density at radius 2 is 2.16 bits per heavy atom. The van der Waals surface area contributed by atoms with E-state index in [4.69, 9.17) is 5.11 Å². The maximum absolute atomic E-state index is 10.9. The Hall–Kier alpha value is -1.65. The van der Waals surface area contributed by atoms with Crippen LogP contribution in [0.15, 0.2) is 12.3 Å². The third-order valence-corrected chi connectivity index (χ3v) is 3.44. The molecule has 0 aliphatic carbocycles. The largest absolute Gasteiger partial charge is 0.481 e. The SMILES string of the molecule is CC(C)Cc1ccnc(N2CCC(C(=O)O)CC2)n1. The van der Waals surface area contributed by atoms with E-state index < -0.39 is 5.97 Å². The molecule has 19 heavy (non-hydrogen) atoms. The second-order valence-electron chi connectivity index (χ2n) is 5.55. The normalized spacial score (nSPS) is 16.9. The van der Waals surface area contributed by atoms with Gasteiger partial charge in [-0.2, -0.15) is 0 Å². The zero-order chi connectivity index (χ0) is 13.8. The van der Waals surface area contributed by atoms with Gasteiger partial charge < -0.3 is 10.0 Å². The maximum Gasteiger partial charge on any atom is 0.306 e. The number of aromatic nitrogens is 2. The number of hydrogen-bond acceptors (Lipinski definition) is 4. The molecule has 0 aromatic carbocycles. The van der Waals surface area contributed by atoms with Crippen molar-refractivity contribution in [3.05, 3.63) is 18.0 Å². The molecule has 0 saturated carbocycles. The number of piperidine rings is 1. The highest BCUT2D eigenvalue weighted by atomic mass is 16.4. The minimum Gasteiger partial charge on any atom is -0.481 e. The second kappa shape index (κ2) is 5.99. The molecule has 2 rings (SSSR count). The first-order valence-electron chi connectivity index (χ1n) is 6.86. The zero-order valence-corrected chi connectivity index (χ0v) is 11.5. The van der Waals surface area contributed by atoms with Crippen LogP contribution in [0.4, 0.5) is 5.95 Å². The molecule has 5 heteroatoms. The van der Waals surface area contributed by atoms with Gasteiger partial charge in [-0.3, -0.25) is 4.79 Å². The van der Waals surface area contributed by atoms with Gasteiger partial charge in [0, 0.05) is 25.0 Å². The van der Waals surface area contributed by atoms with E-state index in [2.05, 4.69) is 28.7 Å². The first-order chi connectivity index (χ1) is 9.06. The first-order valence-corrected chi connectivity index (χ1v) is 6.86. The lowest BCUT2D eigenvalue weighted by atomic mass is 9.97. The molecule has 104 valence electrons. The molecule has 1 aromatic heterocycles. The molecule has 0 spiro atoms. The fraction of sp³-hybridized carbons (Fsp3) is 0.643. The quantitative estimate of drug-likeness (QED) is 0.899. The fourth-order valence-electron chi connectivity index (χ4n) is 2.40. The van der Waals surface area contributed by atoms with Crippen molar-refractivity contribution in [1.29, 1.82) is 0 Å². The predicted molar refractivity (Wildman–Crippen MR) is 73.1 cm³/mol. The molecule has 1 N–H and O–H groups in total. The van der Waals surface area contributed by atoms with Crippen molar-refractivity contribution in [3.8, 4) is 0 Å². The Labute approximate surface area is 113 Å². The van der Waals surface area contributed by atoms with Crippen LogP contribution in [-0.2, 0) is 11.2 Å². The topological polar surface area (TPSA) is 66.3 Å². The average Bonchev–Trinajstić information content (AvgIpc) is 2.38. The summed E-state index contributed by atoms with van der Waals surface area (Å²) >= 11 is 0. The lowest BCUT2D eigenvalue weighted by molar-refractivity contribution is -0.142. The average molecular weight is 263 g/mol. The minimum absolute atomic E-state index is 0.213. The van der Waals surface area contributed by atoms with Crippen molar-refractivity contribution < 1.29 is 9.90 Å². The van der Waals surface area contributed by atoms with Gasteiger partial charge in [0.05, 0.1) is 5.92 Å². The molecule has 0 radical (unpaired) electrons. The van der Waals surface area contributed by atoms with Gasteiger partial charge in [-0.25, -0.2) is 9.97 Å². The zero-order valence-electron chi connectivity index (χ0n) is 11.5. The van der Waals surface area contributed by atoms with Gasteiger partial charge in [0.25, 0.3) is 0 Å². The van der Waals surface area contributed by atoms with Crippen LogP contribution in [0.1, 0.15) is 32.4 Å². The van der Waals surface area contributed by atoms with Gasteiger partial charge in [0.2, 0.25) is 5.95 Å². The molecule has 1 aliphatic rings. The summed E-state index contributed by atoms with van der Waals surface area (Å²) in [5.74, 6) is 0.409. The second-order valence-corrected chi connectivity index (χ2v) is 5.55. The van der Waals surface area contributed by atoms with E-state index in [0.717, 1.165) is 31.2 Å². The number of rotatable bonds is 4. The summed E-state index contributed by atoms with van der Waals surface area (Å²) in [6, 6.07) is 1.95. The summed E-state index contributed by atoms with van der Waals surface area (Å²) < 4.78 is 0. The molecular weight excluding hydrogens is 242 g/mol. The Bertz CT molecular complexity index is 440. The van der Waals surface area contributed by atoms with E-state index in [1.807, 2.05) is 6.07 Å². The third kappa shape index (κ3) is 3.66. The van der Waals surface area contributed by atoms with Crippen LogP contribution >= 0.6 is 0 Å². The highest BCUT2D eigenvalue weighted by Gasteiger charge is 2.25. The minimum atomic E-state index is -0.686. The standard InChI is InChI=1S/C14H21N3O2/c1-10(2)9-12-3-6-15-14(16-12)17-7-4-11(5-8-17)13(18)19/h3,6,10-11H,4-5,7-9H2,1-2H3,(H,18,19). The predicted octanol–water partition coefficient (Wildman–Crippen LogP) is 1.98. The summed E-state index contributed by atoms with van der Waals surface area (Å²) in [5.41, 5.74) is 1.06. The lowest BCUT2D eigenvalue weighted by Crippen LogP contribution is -2.37. The summed E-state index contributed by atoms with van der Waals surface area (Å²) in [6.45, 7) is 5.78. The van der Waals surface area contributed by atoms with Crippen molar-refractivity contribution in [2.24, 2.45) is 11.8 Å². The molecular formula is C14H21N3O2. The third-order valence-electron chi connectivity index (χ3n) is 3.44. The molecule has 5 nitrogen and oxygen atoms in total. The van der Waals surface area contributed by atoms with E-state index in [9.17, 15) is 4.79 Å². The van der Waals surface area contributed by atoms with Crippen molar-refractivity contribution in [2.75, 3.05) is 18.0 Å². The summed E-state index contributed by atoms with van der Waals surface area (Å²) in [4.78, 5) is 21.9. The van der Waals surface area contributed by atoms with E-state index in [-0.39, 0.29) is 5.92 Å². The van der Waals surface area contributed by atoms with Gasteiger partial charge in [0.1, 0.15) is 0 Å². The van der Waals surface area contributed by atoms with Crippen molar-refractivity contribution >= 4 is 11.9 Å². The smallest absolute Gasteiger partial charge is 0.306 e. The van der Waals surface area contributed by atoms with Crippen molar-refractivity contribution in [3.63, 3.8) is 0 Å². The molecule has 1 aliphatic heterocycles. The van der Waals surface area contributed by atoms with Crippen LogP contribution in [0, 0.1) is 11.8 Å². The summed E-state index contributed by atoms with van der Waals surface area (Å²) in [6.07, 6.45) is 4.09. The van der Waals surface area contributed by atoms with E-state index in [1.54, 1.807) is 6.20 Å². The Morgan fingerprint density at radius 3 is 2.74 bits per heavy atom. The molecule has 0 atom stereocenters. The molecule has 1 saturated heterocycles. The van der Waals surface area contributed by atoms with Crippen LogP contribution in [0.25, 0.3) is 0 Å². The number of aliphatic carboxylic acids is 1. The maximum atomic E-state index is 10.9. The highest BCUT2D eigenvalue weighted by Crippen LogP contribution is 2.21. The molecule has 2 heterocycles. The Morgan fingerprint density at radius 1 is 1.47 bits per heavy atom. The van der Waals surface area contributed by atoms with Crippen LogP contribution in [0.2, 0.25) is 0 Å². The van der Waals surface area contributed by atoms with Gasteiger partial charge >= 0.3 is 5.97 Å². The molecule has 0 amide bonds. The Kier molecular flexibility index (Phi) is 4.35. The van der Waals surface area contributed by atoms with Crippen LogP contribution in [0.3, 0.4) is 0 Å². The number of carboxylic acids is 1. The van der Waals surface area contributed by atoms with Crippen molar-refractivity contribution in [2.45, 2.75) is 33.1 Å². The van der Waals surface area contributed by atoms with Crippen LogP contribution in [0.5, 0.6) is 0 Å². The van der Waals surface area contributed by atoms with Crippen LogP contribution in [-0.4, -0.2) is 34.1 Å².